The quantitative estimate of drug-likeness (QED) is 0.830. The molecule has 1 atom stereocenters. The predicted octanol–water partition coefficient (Wildman–Crippen LogP) is 1.63. The zero-order valence-corrected chi connectivity index (χ0v) is 12.1. The smallest absolute Gasteiger partial charge is 0.233 e. The summed E-state index contributed by atoms with van der Waals surface area (Å²) in [5.74, 6) is 1.70. The van der Waals surface area contributed by atoms with Crippen LogP contribution in [0.3, 0.4) is 0 Å². The van der Waals surface area contributed by atoms with E-state index in [4.69, 9.17) is 9.47 Å². The van der Waals surface area contributed by atoms with Crippen molar-refractivity contribution in [1.29, 1.82) is 0 Å². The lowest BCUT2D eigenvalue weighted by Crippen LogP contribution is -2.37. The van der Waals surface area contributed by atoms with Crippen molar-refractivity contribution in [2.75, 3.05) is 26.8 Å². The van der Waals surface area contributed by atoms with Crippen LogP contribution in [0.2, 0.25) is 0 Å². The van der Waals surface area contributed by atoms with Gasteiger partial charge in [0.15, 0.2) is 0 Å². The maximum Gasteiger partial charge on any atom is 0.233 e. The molecular weight excluding hydrogens is 256 g/mol. The van der Waals surface area contributed by atoms with Gasteiger partial charge in [-0.25, -0.2) is 0 Å². The summed E-state index contributed by atoms with van der Waals surface area (Å²) in [7, 11) is 1.64. The Morgan fingerprint density at radius 1 is 1.50 bits per heavy atom. The summed E-state index contributed by atoms with van der Waals surface area (Å²) < 4.78 is 10.9. The van der Waals surface area contributed by atoms with Crippen molar-refractivity contribution in [2.24, 2.45) is 0 Å². The van der Waals surface area contributed by atoms with E-state index in [9.17, 15) is 4.79 Å². The standard InChI is InChI=1S/C15H22N2O3/c1-3-7-16-15(18)10-17-13-6-8-20-14-5-4-11(19-2)9-12(13)14/h4-5,9,13,17H,3,6-8,10H2,1-2H3,(H,16,18). The van der Waals surface area contributed by atoms with Crippen LogP contribution in [0.25, 0.3) is 0 Å². The molecule has 1 aliphatic rings. The molecule has 0 saturated carbocycles. The van der Waals surface area contributed by atoms with Crippen LogP contribution in [0, 0.1) is 0 Å². The summed E-state index contributed by atoms with van der Waals surface area (Å²) in [6.07, 6.45) is 1.80. The summed E-state index contributed by atoms with van der Waals surface area (Å²) in [5.41, 5.74) is 1.05. The van der Waals surface area contributed by atoms with Gasteiger partial charge >= 0.3 is 0 Å². The minimum atomic E-state index is 0.0304. The molecule has 1 heterocycles. The van der Waals surface area contributed by atoms with Gasteiger partial charge in [0.05, 0.1) is 20.3 Å². The van der Waals surface area contributed by atoms with E-state index in [1.165, 1.54) is 0 Å². The van der Waals surface area contributed by atoms with Crippen LogP contribution in [0.4, 0.5) is 0 Å². The second kappa shape index (κ2) is 7.14. The minimum absolute atomic E-state index is 0.0304. The van der Waals surface area contributed by atoms with Gasteiger partial charge < -0.3 is 20.1 Å². The first-order valence-electron chi connectivity index (χ1n) is 7.05. The normalized spacial score (nSPS) is 17.0. The van der Waals surface area contributed by atoms with Gasteiger partial charge in [-0.3, -0.25) is 4.79 Å². The molecule has 0 bridgehead atoms. The number of rotatable bonds is 6. The van der Waals surface area contributed by atoms with E-state index in [-0.39, 0.29) is 11.9 Å². The van der Waals surface area contributed by atoms with Crippen LogP contribution < -0.4 is 20.1 Å². The fourth-order valence-electron chi connectivity index (χ4n) is 2.25. The van der Waals surface area contributed by atoms with Gasteiger partial charge in [-0.15, -0.1) is 0 Å². The van der Waals surface area contributed by atoms with Gasteiger partial charge in [0.1, 0.15) is 11.5 Å². The van der Waals surface area contributed by atoms with Crippen molar-refractivity contribution < 1.29 is 14.3 Å². The third kappa shape index (κ3) is 3.63. The minimum Gasteiger partial charge on any atom is -0.497 e. The van der Waals surface area contributed by atoms with Crippen molar-refractivity contribution in [3.05, 3.63) is 23.8 Å². The van der Waals surface area contributed by atoms with Crippen molar-refractivity contribution >= 4 is 5.91 Å². The van der Waals surface area contributed by atoms with Gasteiger partial charge in [-0.2, -0.15) is 0 Å². The number of ether oxygens (including phenoxy) is 2. The highest BCUT2D eigenvalue weighted by molar-refractivity contribution is 5.78. The van der Waals surface area contributed by atoms with Gasteiger partial charge in [0, 0.05) is 24.6 Å². The van der Waals surface area contributed by atoms with Crippen molar-refractivity contribution in [3.63, 3.8) is 0 Å². The molecule has 2 N–H and O–H groups in total. The van der Waals surface area contributed by atoms with E-state index in [1.54, 1.807) is 7.11 Å². The number of benzene rings is 1. The van der Waals surface area contributed by atoms with Crippen molar-refractivity contribution in [3.8, 4) is 11.5 Å². The number of fused-ring (bicyclic) bond motifs is 1. The third-order valence-electron chi connectivity index (χ3n) is 3.34. The molecular formula is C15H22N2O3. The van der Waals surface area contributed by atoms with Crippen LogP contribution in [-0.2, 0) is 4.79 Å². The maximum absolute atomic E-state index is 11.7. The molecule has 5 nitrogen and oxygen atoms in total. The van der Waals surface area contributed by atoms with Crippen molar-refractivity contribution in [2.45, 2.75) is 25.8 Å². The van der Waals surface area contributed by atoms with E-state index >= 15 is 0 Å². The Balaban J connectivity index is 1.99. The molecule has 0 aromatic heterocycles. The maximum atomic E-state index is 11.7. The Kier molecular flexibility index (Phi) is 5.24. The Hall–Kier alpha value is -1.75. The molecule has 5 heteroatoms. The Bertz CT molecular complexity index is 462. The van der Waals surface area contributed by atoms with Gasteiger partial charge in [0.2, 0.25) is 5.91 Å². The summed E-state index contributed by atoms with van der Waals surface area (Å²) in [6, 6.07) is 5.89. The Labute approximate surface area is 119 Å². The number of hydrogen-bond acceptors (Lipinski definition) is 4. The second-order valence-corrected chi connectivity index (χ2v) is 4.82. The Morgan fingerprint density at radius 3 is 3.10 bits per heavy atom. The molecule has 0 saturated heterocycles. The van der Waals surface area contributed by atoms with Crippen molar-refractivity contribution in [1.82, 2.24) is 10.6 Å². The highest BCUT2D eigenvalue weighted by atomic mass is 16.5. The predicted molar refractivity (Wildman–Crippen MR) is 77.2 cm³/mol. The zero-order chi connectivity index (χ0) is 14.4. The fraction of sp³-hybridized carbons (Fsp3) is 0.533. The number of methoxy groups -OCH3 is 1. The highest BCUT2D eigenvalue weighted by Gasteiger charge is 2.22. The summed E-state index contributed by atoms with van der Waals surface area (Å²) >= 11 is 0. The molecule has 0 fully saturated rings. The van der Waals surface area contributed by atoms with Crippen LogP contribution in [0.15, 0.2) is 18.2 Å². The molecule has 1 aromatic rings. The number of nitrogens with one attached hydrogen (secondary N) is 2. The topological polar surface area (TPSA) is 59.6 Å². The first kappa shape index (κ1) is 14.7. The lowest BCUT2D eigenvalue weighted by molar-refractivity contribution is -0.120. The summed E-state index contributed by atoms with van der Waals surface area (Å²) in [5, 5.41) is 6.15. The van der Waals surface area contributed by atoms with E-state index in [0.29, 0.717) is 13.2 Å². The van der Waals surface area contributed by atoms with E-state index in [1.807, 2.05) is 25.1 Å². The second-order valence-electron chi connectivity index (χ2n) is 4.82. The first-order chi connectivity index (χ1) is 9.74. The average molecular weight is 278 g/mol. The number of hydrogen-bond donors (Lipinski definition) is 2. The van der Waals surface area contributed by atoms with Crippen LogP contribution >= 0.6 is 0 Å². The monoisotopic (exact) mass is 278 g/mol. The van der Waals surface area contributed by atoms with E-state index in [0.717, 1.165) is 36.4 Å². The van der Waals surface area contributed by atoms with Crippen LogP contribution in [0.1, 0.15) is 31.4 Å². The molecule has 1 amide bonds. The molecule has 110 valence electrons. The molecule has 20 heavy (non-hydrogen) atoms. The average Bonchev–Trinajstić information content (AvgIpc) is 2.50. The highest BCUT2D eigenvalue weighted by Crippen LogP contribution is 2.34. The third-order valence-corrected chi connectivity index (χ3v) is 3.34. The number of carbonyl (C=O) groups is 1. The largest absolute Gasteiger partial charge is 0.497 e. The molecule has 2 rings (SSSR count). The number of carbonyl (C=O) groups excluding carboxylic acids is 1. The molecule has 0 aliphatic carbocycles. The van der Waals surface area contributed by atoms with Gasteiger partial charge in [-0.05, 0) is 24.6 Å². The zero-order valence-electron chi connectivity index (χ0n) is 12.1. The van der Waals surface area contributed by atoms with E-state index < -0.39 is 0 Å². The van der Waals surface area contributed by atoms with Crippen LogP contribution in [-0.4, -0.2) is 32.7 Å². The lowest BCUT2D eigenvalue weighted by Gasteiger charge is -2.27. The molecule has 1 aliphatic heterocycles. The fourth-order valence-corrected chi connectivity index (χ4v) is 2.25. The van der Waals surface area contributed by atoms with Gasteiger partial charge in [0.25, 0.3) is 0 Å². The SMILES string of the molecule is CCCNC(=O)CNC1CCOc2ccc(OC)cc21. The summed E-state index contributed by atoms with van der Waals surface area (Å²) in [4.78, 5) is 11.7. The van der Waals surface area contributed by atoms with E-state index in [2.05, 4.69) is 10.6 Å². The molecule has 1 unspecified atom stereocenters. The molecule has 0 spiro atoms. The molecule has 0 radical (unpaired) electrons. The van der Waals surface area contributed by atoms with Crippen LogP contribution in [0.5, 0.6) is 11.5 Å². The summed E-state index contributed by atoms with van der Waals surface area (Å²) in [6.45, 7) is 3.74. The Morgan fingerprint density at radius 2 is 2.35 bits per heavy atom. The first-order valence-corrected chi connectivity index (χ1v) is 7.05. The molecule has 1 aromatic carbocycles. The van der Waals surface area contributed by atoms with Gasteiger partial charge in [-0.1, -0.05) is 6.92 Å². The number of amides is 1. The lowest BCUT2D eigenvalue weighted by atomic mass is 10.00.